The van der Waals surface area contributed by atoms with Crippen LogP contribution in [-0.4, -0.2) is 51.1 Å². The summed E-state index contributed by atoms with van der Waals surface area (Å²) in [4.78, 5) is 9.80. The van der Waals surface area contributed by atoms with E-state index in [1.807, 2.05) is 0 Å². The minimum absolute atomic E-state index is 0.317. The summed E-state index contributed by atoms with van der Waals surface area (Å²) in [7, 11) is 0. The van der Waals surface area contributed by atoms with Crippen molar-refractivity contribution >= 4 is 0 Å². The number of para-hydroxylation sites is 1. The predicted molar refractivity (Wildman–Crippen MR) is 60.7 cm³/mol. The number of rotatable bonds is 3. The quantitative estimate of drug-likeness (QED) is 0.481. The number of hydrogen-bond acceptors (Lipinski definition) is 7. The van der Waals surface area contributed by atoms with Crippen molar-refractivity contribution in [2.45, 2.75) is 30.8 Å². The molecule has 5 atom stereocenters. The number of ether oxygens (including phenoxy) is 2. The molecular formula is C11H13NO7. The van der Waals surface area contributed by atoms with Gasteiger partial charge in [-0.05, 0) is 12.1 Å². The van der Waals surface area contributed by atoms with Gasteiger partial charge in [0.15, 0.2) is 6.10 Å². The molecule has 8 heteroatoms. The molecule has 19 heavy (non-hydrogen) atoms. The molecule has 0 radical (unpaired) electrons. The van der Waals surface area contributed by atoms with Crippen molar-refractivity contribution in [3.05, 3.63) is 40.4 Å². The lowest BCUT2D eigenvalue weighted by Crippen LogP contribution is -2.61. The molecule has 1 saturated heterocycles. The Morgan fingerprint density at radius 1 is 1.11 bits per heavy atom. The van der Waals surface area contributed by atoms with E-state index in [1.54, 1.807) is 30.3 Å². The number of aliphatic hydroxyl groups excluding tert-OH is 3. The second-order valence-electron chi connectivity index (χ2n) is 4.08. The van der Waals surface area contributed by atoms with E-state index in [2.05, 4.69) is 0 Å². The van der Waals surface area contributed by atoms with Gasteiger partial charge >= 0.3 is 6.23 Å². The SMILES string of the molecule is O=[N+]([O-])[C@H]1O[C@@H](Oc2ccccc2)[C@H](O)[C@@H](O)[C@@H]1O. The summed E-state index contributed by atoms with van der Waals surface area (Å²) in [6.07, 6.45) is -8.42. The van der Waals surface area contributed by atoms with Gasteiger partial charge in [0.05, 0.1) is 4.92 Å². The fourth-order valence-corrected chi connectivity index (χ4v) is 1.74. The fraction of sp³-hybridized carbons (Fsp3) is 0.455. The zero-order chi connectivity index (χ0) is 14.0. The average Bonchev–Trinajstić information content (AvgIpc) is 2.40. The summed E-state index contributed by atoms with van der Waals surface area (Å²) in [5.74, 6) is 0.317. The molecule has 1 aromatic rings. The third-order valence-corrected chi connectivity index (χ3v) is 2.75. The van der Waals surface area contributed by atoms with E-state index in [0.29, 0.717) is 5.75 Å². The highest BCUT2D eigenvalue weighted by atomic mass is 16.7. The zero-order valence-electron chi connectivity index (χ0n) is 9.70. The summed E-state index contributed by atoms with van der Waals surface area (Å²) < 4.78 is 10.1. The van der Waals surface area contributed by atoms with Gasteiger partial charge in [-0.2, -0.15) is 0 Å². The van der Waals surface area contributed by atoms with Crippen molar-refractivity contribution in [3.8, 4) is 5.75 Å². The Morgan fingerprint density at radius 3 is 2.32 bits per heavy atom. The zero-order valence-corrected chi connectivity index (χ0v) is 9.70. The van der Waals surface area contributed by atoms with Gasteiger partial charge in [0.25, 0.3) is 0 Å². The second-order valence-corrected chi connectivity index (χ2v) is 4.08. The van der Waals surface area contributed by atoms with Crippen molar-refractivity contribution < 1.29 is 29.7 Å². The van der Waals surface area contributed by atoms with E-state index in [0.717, 1.165) is 0 Å². The van der Waals surface area contributed by atoms with E-state index in [-0.39, 0.29) is 0 Å². The van der Waals surface area contributed by atoms with Crippen LogP contribution in [-0.2, 0) is 4.74 Å². The number of hydrogen-bond donors (Lipinski definition) is 3. The highest BCUT2D eigenvalue weighted by Crippen LogP contribution is 2.24. The summed E-state index contributed by atoms with van der Waals surface area (Å²) in [5, 5.41) is 39.4. The van der Waals surface area contributed by atoms with Crippen LogP contribution in [0.1, 0.15) is 0 Å². The molecule has 0 spiro atoms. The Hall–Kier alpha value is -1.74. The van der Waals surface area contributed by atoms with E-state index in [9.17, 15) is 25.4 Å². The molecule has 1 fully saturated rings. The molecule has 0 amide bonds. The summed E-state index contributed by atoms with van der Waals surface area (Å²) in [6, 6.07) is 8.20. The Bertz CT molecular complexity index is 440. The molecular weight excluding hydrogens is 258 g/mol. The molecule has 1 heterocycles. The third-order valence-electron chi connectivity index (χ3n) is 2.75. The number of nitro groups is 1. The van der Waals surface area contributed by atoms with Crippen LogP contribution in [0.15, 0.2) is 30.3 Å². The normalized spacial score (nSPS) is 34.8. The summed E-state index contributed by atoms with van der Waals surface area (Å²) in [6.45, 7) is 0. The molecule has 0 unspecified atom stereocenters. The standard InChI is InChI=1S/C11H13NO7/c13-7-8(14)10(12(16)17)19-11(9(7)15)18-6-4-2-1-3-5-6/h1-5,7-11,13-15H/t7-,8-,9+,10-,11+/m0/s1. The lowest BCUT2D eigenvalue weighted by atomic mass is 10.0. The van der Waals surface area contributed by atoms with Gasteiger partial charge < -0.3 is 20.1 Å². The monoisotopic (exact) mass is 271 g/mol. The molecule has 104 valence electrons. The molecule has 1 aromatic carbocycles. The van der Waals surface area contributed by atoms with Crippen LogP contribution in [0.5, 0.6) is 5.75 Å². The largest absolute Gasteiger partial charge is 0.462 e. The predicted octanol–water partition coefficient (Wildman–Crippen LogP) is -0.893. The molecule has 0 saturated carbocycles. The minimum Gasteiger partial charge on any atom is -0.462 e. The van der Waals surface area contributed by atoms with Crippen LogP contribution >= 0.6 is 0 Å². The lowest BCUT2D eigenvalue weighted by molar-refractivity contribution is -0.609. The molecule has 3 N–H and O–H groups in total. The molecule has 1 aliphatic heterocycles. The van der Waals surface area contributed by atoms with E-state index >= 15 is 0 Å². The van der Waals surface area contributed by atoms with Crippen LogP contribution < -0.4 is 4.74 Å². The first kappa shape index (κ1) is 13.7. The topological polar surface area (TPSA) is 122 Å². The van der Waals surface area contributed by atoms with Crippen LogP contribution in [0.25, 0.3) is 0 Å². The molecule has 8 nitrogen and oxygen atoms in total. The Labute approximate surface area is 108 Å². The van der Waals surface area contributed by atoms with Crippen molar-refractivity contribution in [1.82, 2.24) is 0 Å². The average molecular weight is 271 g/mol. The lowest BCUT2D eigenvalue weighted by Gasteiger charge is -2.35. The van der Waals surface area contributed by atoms with E-state index < -0.39 is 35.8 Å². The molecule has 0 aromatic heterocycles. The Morgan fingerprint density at radius 2 is 1.74 bits per heavy atom. The number of aliphatic hydroxyl groups is 3. The Balaban J connectivity index is 2.13. The van der Waals surface area contributed by atoms with Crippen LogP contribution in [0, 0.1) is 10.1 Å². The van der Waals surface area contributed by atoms with Gasteiger partial charge in [-0.1, -0.05) is 18.2 Å². The number of nitrogens with zero attached hydrogens (tertiary/aromatic N) is 1. The first-order valence-electron chi connectivity index (χ1n) is 5.55. The van der Waals surface area contributed by atoms with Crippen LogP contribution in [0.2, 0.25) is 0 Å². The third kappa shape index (κ3) is 2.82. The smallest absolute Gasteiger partial charge is 0.347 e. The van der Waals surface area contributed by atoms with E-state index in [1.165, 1.54) is 0 Å². The van der Waals surface area contributed by atoms with Gasteiger partial charge in [-0.3, -0.25) is 14.9 Å². The van der Waals surface area contributed by atoms with Gasteiger partial charge in [-0.25, -0.2) is 0 Å². The van der Waals surface area contributed by atoms with Crippen molar-refractivity contribution in [2.24, 2.45) is 0 Å². The van der Waals surface area contributed by atoms with Gasteiger partial charge in [0, 0.05) is 0 Å². The first-order valence-corrected chi connectivity index (χ1v) is 5.55. The maximum atomic E-state index is 10.7. The van der Waals surface area contributed by atoms with Crippen LogP contribution in [0.3, 0.4) is 0 Å². The van der Waals surface area contributed by atoms with Gasteiger partial charge in [0.2, 0.25) is 6.29 Å². The van der Waals surface area contributed by atoms with Crippen molar-refractivity contribution in [3.63, 3.8) is 0 Å². The maximum Gasteiger partial charge on any atom is 0.347 e. The first-order chi connectivity index (χ1) is 9.00. The molecule has 0 aliphatic carbocycles. The van der Waals surface area contributed by atoms with E-state index in [4.69, 9.17) is 9.47 Å². The van der Waals surface area contributed by atoms with Crippen LogP contribution in [0.4, 0.5) is 0 Å². The summed E-state index contributed by atoms with van der Waals surface area (Å²) >= 11 is 0. The second kappa shape index (κ2) is 5.49. The molecule has 1 aliphatic rings. The van der Waals surface area contributed by atoms with Gasteiger partial charge in [-0.15, -0.1) is 0 Å². The summed E-state index contributed by atoms with van der Waals surface area (Å²) in [5.41, 5.74) is 0. The van der Waals surface area contributed by atoms with Gasteiger partial charge in [0.1, 0.15) is 18.0 Å². The van der Waals surface area contributed by atoms with Crippen molar-refractivity contribution in [2.75, 3.05) is 0 Å². The minimum atomic E-state index is -1.85. The highest BCUT2D eigenvalue weighted by Gasteiger charge is 2.50. The number of benzene rings is 1. The Kier molecular flexibility index (Phi) is 3.96. The maximum absolute atomic E-state index is 10.7. The van der Waals surface area contributed by atoms with Crippen molar-refractivity contribution in [1.29, 1.82) is 0 Å². The fourth-order valence-electron chi connectivity index (χ4n) is 1.74. The highest BCUT2D eigenvalue weighted by molar-refractivity contribution is 5.21. The molecule has 0 bridgehead atoms. The molecule has 2 rings (SSSR count).